The molecular weight excluding hydrogens is 252 g/mol. The highest BCUT2D eigenvalue weighted by molar-refractivity contribution is 7.80. The van der Waals surface area contributed by atoms with Crippen LogP contribution in [0.25, 0.3) is 0 Å². The van der Waals surface area contributed by atoms with E-state index in [0.717, 1.165) is 0 Å². The molecule has 2 N–H and O–H groups in total. The monoisotopic (exact) mass is 260 g/mol. The quantitative estimate of drug-likeness (QED) is 0.573. The van der Waals surface area contributed by atoms with Gasteiger partial charge in [-0.15, -0.1) is 0 Å². The van der Waals surface area contributed by atoms with Crippen LogP contribution in [0.3, 0.4) is 0 Å². The third-order valence-electron chi connectivity index (χ3n) is 1.77. The number of ketones is 1. The van der Waals surface area contributed by atoms with E-state index in [1.165, 1.54) is 24.3 Å². The van der Waals surface area contributed by atoms with Gasteiger partial charge >= 0.3 is 16.4 Å². The molecule has 0 aliphatic heterocycles. The molecule has 0 heterocycles. The van der Waals surface area contributed by atoms with E-state index in [1.807, 2.05) is 0 Å². The summed E-state index contributed by atoms with van der Waals surface area (Å²) in [5.41, 5.74) is 0.0116. The van der Waals surface area contributed by atoms with Gasteiger partial charge < -0.3 is 5.11 Å². The third-order valence-corrected chi connectivity index (χ3v) is 2.20. The van der Waals surface area contributed by atoms with Crippen LogP contribution in [0.15, 0.2) is 30.3 Å². The van der Waals surface area contributed by atoms with Gasteiger partial charge in [0.1, 0.15) is 0 Å². The van der Waals surface area contributed by atoms with Crippen LogP contribution >= 0.6 is 0 Å². The summed E-state index contributed by atoms with van der Waals surface area (Å²) < 4.78 is 33.6. The second kappa shape index (κ2) is 5.04. The summed E-state index contributed by atoms with van der Waals surface area (Å²) in [5, 5.41) is 8.50. The molecular formula is C9H8O7S. The van der Waals surface area contributed by atoms with E-state index in [-0.39, 0.29) is 5.56 Å². The van der Waals surface area contributed by atoms with Crippen molar-refractivity contribution >= 4 is 22.2 Å². The first-order chi connectivity index (χ1) is 7.81. The van der Waals surface area contributed by atoms with Crippen LogP contribution in [0.4, 0.5) is 0 Å². The summed E-state index contributed by atoms with van der Waals surface area (Å²) in [6.45, 7) is 0. The highest BCUT2D eigenvalue weighted by Gasteiger charge is 2.31. The number of aliphatic carboxylic acids is 1. The second-order valence-electron chi connectivity index (χ2n) is 2.98. The number of carbonyl (C=O) groups excluding carboxylic acids is 1. The second-order valence-corrected chi connectivity index (χ2v) is 4.03. The Labute approximate surface area is 96.6 Å². The molecule has 0 saturated carbocycles. The minimum Gasteiger partial charge on any atom is -0.475 e. The van der Waals surface area contributed by atoms with E-state index >= 15 is 0 Å². The number of benzene rings is 1. The van der Waals surface area contributed by atoms with Crippen LogP contribution in [0, 0.1) is 0 Å². The molecule has 0 radical (unpaired) electrons. The Morgan fingerprint density at radius 2 is 1.71 bits per heavy atom. The number of carbonyl (C=O) groups is 2. The van der Waals surface area contributed by atoms with Crippen molar-refractivity contribution in [2.75, 3.05) is 0 Å². The van der Waals surface area contributed by atoms with Crippen molar-refractivity contribution in [1.82, 2.24) is 0 Å². The molecule has 0 spiro atoms. The predicted molar refractivity (Wildman–Crippen MR) is 54.5 cm³/mol. The van der Waals surface area contributed by atoms with Gasteiger partial charge in [0, 0.05) is 0 Å². The Bertz CT molecular complexity index is 520. The first-order valence-electron chi connectivity index (χ1n) is 4.29. The molecule has 1 unspecified atom stereocenters. The first kappa shape index (κ1) is 13.3. The summed E-state index contributed by atoms with van der Waals surface area (Å²) in [6, 6.07) is 7.11. The summed E-state index contributed by atoms with van der Waals surface area (Å²) in [6.07, 6.45) is -1.90. The summed E-state index contributed by atoms with van der Waals surface area (Å²) in [5.74, 6) is -3.35. The lowest BCUT2D eigenvalue weighted by Gasteiger charge is -2.11. The summed E-state index contributed by atoms with van der Waals surface area (Å²) in [4.78, 5) is 21.7. The van der Waals surface area contributed by atoms with Gasteiger partial charge in [-0.3, -0.25) is 9.35 Å². The zero-order chi connectivity index (χ0) is 13.1. The highest BCUT2D eigenvalue weighted by Crippen LogP contribution is 2.20. The zero-order valence-corrected chi connectivity index (χ0v) is 9.12. The molecule has 0 aromatic heterocycles. The lowest BCUT2D eigenvalue weighted by atomic mass is 10.1. The van der Waals surface area contributed by atoms with E-state index in [0.29, 0.717) is 0 Å². The topological polar surface area (TPSA) is 118 Å². The SMILES string of the molecule is O=C(O)C(=O)C(OS(=O)(=O)O)c1ccccc1. The maximum Gasteiger partial charge on any atom is 0.398 e. The summed E-state index contributed by atoms with van der Waals surface area (Å²) in [7, 11) is -4.93. The van der Waals surface area contributed by atoms with Crippen molar-refractivity contribution in [3.8, 4) is 0 Å². The molecule has 1 aromatic carbocycles. The standard InChI is InChI=1S/C9H8O7S/c10-7(9(11)12)8(16-17(13,14)15)6-4-2-1-3-5-6/h1-5,8H,(H,11,12)(H,13,14,15). The Kier molecular flexibility index (Phi) is 3.94. The van der Waals surface area contributed by atoms with E-state index in [4.69, 9.17) is 9.66 Å². The molecule has 1 atom stereocenters. The van der Waals surface area contributed by atoms with Crippen LogP contribution in [-0.2, 0) is 24.2 Å². The van der Waals surface area contributed by atoms with Crippen LogP contribution in [0.1, 0.15) is 11.7 Å². The Morgan fingerprint density at radius 3 is 2.12 bits per heavy atom. The van der Waals surface area contributed by atoms with Gasteiger partial charge in [-0.05, 0) is 5.56 Å². The predicted octanol–water partition coefficient (Wildman–Crippen LogP) is 0.201. The van der Waals surface area contributed by atoms with Crippen molar-refractivity contribution in [2.24, 2.45) is 0 Å². The molecule has 0 saturated heterocycles. The maximum atomic E-state index is 11.2. The fourth-order valence-electron chi connectivity index (χ4n) is 1.11. The number of carboxylic acid groups (broad SMARTS) is 1. The number of hydrogen-bond donors (Lipinski definition) is 2. The van der Waals surface area contributed by atoms with E-state index in [9.17, 15) is 18.0 Å². The normalized spacial score (nSPS) is 13.0. The minimum absolute atomic E-state index is 0.0116. The van der Waals surface area contributed by atoms with E-state index < -0.39 is 28.3 Å². The minimum atomic E-state index is -4.93. The van der Waals surface area contributed by atoms with Crippen molar-refractivity contribution in [3.63, 3.8) is 0 Å². The summed E-state index contributed by atoms with van der Waals surface area (Å²) >= 11 is 0. The average molecular weight is 260 g/mol. The number of hydrogen-bond acceptors (Lipinski definition) is 5. The molecule has 0 aliphatic carbocycles. The van der Waals surface area contributed by atoms with Gasteiger partial charge in [-0.1, -0.05) is 30.3 Å². The Morgan fingerprint density at radius 1 is 1.18 bits per heavy atom. The zero-order valence-electron chi connectivity index (χ0n) is 8.31. The third kappa shape index (κ3) is 3.94. The van der Waals surface area contributed by atoms with Gasteiger partial charge in [0.25, 0.3) is 5.78 Å². The lowest BCUT2D eigenvalue weighted by Crippen LogP contribution is -2.26. The number of carboxylic acids is 1. The molecule has 0 amide bonds. The van der Waals surface area contributed by atoms with Crippen molar-refractivity contribution in [1.29, 1.82) is 0 Å². The van der Waals surface area contributed by atoms with Crippen LogP contribution in [0.5, 0.6) is 0 Å². The Balaban J connectivity index is 3.12. The molecule has 0 fully saturated rings. The van der Waals surface area contributed by atoms with Crippen molar-refractivity contribution in [2.45, 2.75) is 6.10 Å². The first-order valence-corrected chi connectivity index (χ1v) is 5.65. The van der Waals surface area contributed by atoms with Gasteiger partial charge in [0.15, 0.2) is 6.10 Å². The lowest BCUT2D eigenvalue weighted by molar-refractivity contribution is -0.152. The number of rotatable bonds is 5. The van der Waals surface area contributed by atoms with Gasteiger partial charge in [0.05, 0.1) is 0 Å². The molecule has 1 aromatic rings. The van der Waals surface area contributed by atoms with Crippen LogP contribution in [0.2, 0.25) is 0 Å². The smallest absolute Gasteiger partial charge is 0.398 e. The van der Waals surface area contributed by atoms with Gasteiger partial charge in [-0.25, -0.2) is 8.98 Å². The number of Topliss-reactive ketones (excluding diaryl/α,β-unsaturated/α-hetero) is 1. The fourth-order valence-corrected chi connectivity index (χ4v) is 1.55. The van der Waals surface area contributed by atoms with E-state index in [1.54, 1.807) is 6.07 Å². The largest absolute Gasteiger partial charge is 0.475 e. The maximum absolute atomic E-state index is 11.2. The van der Waals surface area contributed by atoms with Gasteiger partial charge in [-0.2, -0.15) is 8.42 Å². The Hall–Kier alpha value is -1.77. The van der Waals surface area contributed by atoms with Crippen LogP contribution in [-0.4, -0.2) is 29.8 Å². The molecule has 1 rings (SSSR count). The molecule has 17 heavy (non-hydrogen) atoms. The van der Waals surface area contributed by atoms with E-state index in [2.05, 4.69) is 4.18 Å². The molecule has 7 nitrogen and oxygen atoms in total. The fraction of sp³-hybridized carbons (Fsp3) is 0.111. The van der Waals surface area contributed by atoms with Gasteiger partial charge in [0.2, 0.25) is 0 Å². The van der Waals surface area contributed by atoms with Crippen LogP contribution < -0.4 is 0 Å². The molecule has 0 bridgehead atoms. The molecule has 0 aliphatic rings. The average Bonchev–Trinajstić information content (AvgIpc) is 2.25. The molecule has 92 valence electrons. The molecule has 8 heteroatoms. The highest BCUT2D eigenvalue weighted by atomic mass is 32.3. The van der Waals surface area contributed by atoms with Crippen molar-refractivity contribution < 1.29 is 31.8 Å². The van der Waals surface area contributed by atoms with Crippen molar-refractivity contribution in [3.05, 3.63) is 35.9 Å².